The van der Waals surface area contributed by atoms with Crippen LogP contribution in [-0.2, 0) is 5.33 Å². The summed E-state index contributed by atoms with van der Waals surface area (Å²) in [6, 6.07) is 18.5. The Bertz CT molecular complexity index is 761. The van der Waals surface area contributed by atoms with E-state index in [1.807, 2.05) is 28.9 Å². The quantitative estimate of drug-likeness (QED) is 0.630. The van der Waals surface area contributed by atoms with Crippen LogP contribution in [0.25, 0.3) is 16.9 Å². The van der Waals surface area contributed by atoms with Gasteiger partial charge in [0.05, 0.1) is 24.2 Å². The number of rotatable bonds is 4. The maximum atomic E-state index is 5.22. The van der Waals surface area contributed by atoms with Crippen LogP contribution in [0.1, 0.15) is 11.3 Å². The average Bonchev–Trinajstić information content (AvgIpc) is 3.00. The molecule has 3 rings (SSSR count). The maximum Gasteiger partial charge on any atom is 0.119 e. The zero-order valence-corrected chi connectivity index (χ0v) is 14.2. The molecule has 0 atom stereocenters. The van der Waals surface area contributed by atoms with Crippen LogP contribution in [0.15, 0.2) is 54.6 Å². The number of nitrogens with zero attached hydrogens (tertiary/aromatic N) is 2. The standard InChI is InChI=1S/C18H17BrN2O/c1-13-3-5-14(6-4-13)18-11-15(12-19)20-21(18)16-7-9-17(22-2)10-8-16/h3-11H,12H2,1-2H3. The molecule has 3 nitrogen and oxygen atoms in total. The Labute approximate surface area is 138 Å². The average molecular weight is 357 g/mol. The summed E-state index contributed by atoms with van der Waals surface area (Å²) in [5.41, 5.74) is 5.51. The van der Waals surface area contributed by atoms with Crippen LogP contribution < -0.4 is 4.74 Å². The summed E-state index contributed by atoms with van der Waals surface area (Å²) in [4.78, 5) is 0. The van der Waals surface area contributed by atoms with E-state index in [2.05, 4.69) is 58.3 Å². The van der Waals surface area contributed by atoms with Crippen LogP contribution in [0.3, 0.4) is 0 Å². The van der Waals surface area contributed by atoms with Gasteiger partial charge in [0.15, 0.2) is 0 Å². The van der Waals surface area contributed by atoms with E-state index in [4.69, 9.17) is 4.74 Å². The molecule has 0 saturated heterocycles. The minimum Gasteiger partial charge on any atom is -0.497 e. The minimum absolute atomic E-state index is 0.731. The van der Waals surface area contributed by atoms with Gasteiger partial charge < -0.3 is 4.74 Å². The second-order valence-electron chi connectivity index (χ2n) is 5.13. The van der Waals surface area contributed by atoms with E-state index >= 15 is 0 Å². The highest BCUT2D eigenvalue weighted by atomic mass is 79.9. The van der Waals surface area contributed by atoms with E-state index < -0.39 is 0 Å². The molecule has 0 aliphatic heterocycles. The summed E-state index contributed by atoms with van der Waals surface area (Å²) in [5, 5.41) is 5.41. The van der Waals surface area contributed by atoms with E-state index in [-0.39, 0.29) is 0 Å². The van der Waals surface area contributed by atoms with Crippen molar-refractivity contribution >= 4 is 15.9 Å². The predicted molar refractivity (Wildman–Crippen MR) is 92.9 cm³/mol. The van der Waals surface area contributed by atoms with Crippen molar-refractivity contribution in [3.63, 3.8) is 0 Å². The highest BCUT2D eigenvalue weighted by Crippen LogP contribution is 2.26. The van der Waals surface area contributed by atoms with Crippen molar-refractivity contribution in [2.45, 2.75) is 12.3 Å². The highest BCUT2D eigenvalue weighted by Gasteiger charge is 2.11. The van der Waals surface area contributed by atoms with Gasteiger partial charge in [-0.2, -0.15) is 5.10 Å². The second-order valence-corrected chi connectivity index (χ2v) is 5.69. The van der Waals surface area contributed by atoms with Crippen LogP contribution in [-0.4, -0.2) is 16.9 Å². The van der Waals surface area contributed by atoms with Gasteiger partial charge in [-0.25, -0.2) is 4.68 Å². The summed E-state index contributed by atoms with van der Waals surface area (Å²) in [6.45, 7) is 2.09. The number of aryl methyl sites for hydroxylation is 1. The monoisotopic (exact) mass is 356 g/mol. The molecule has 4 heteroatoms. The lowest BCUT2D eigenvalue weighted by Gasteiger charge is -2.09. The third-order valence-corrected chi connectivity index (χ3v) is 4.14. The van der Waals surface area contributed by atoms with Crippen LogP contribution in [0.5, 0.6) is 5.75 Å². The molecule has 22 heavy (non-hydrogen) atoms. The molecule has 2 aromatic carbocycles. The molecule has 112 valence electrons. The smallest absolute Gasteiger partial charge is 0.119 e. The number of alkyl halides is 1. The van der Waals surface area contributed by atoms with Crippen molar-refractivity contribution < 1.29 is 4.74 Å². The minimum atomic E-state index is 0.731. The van der Waals surface area contributed by atoms with Crippen molar-refractivity contribution in [1.29, 1.82) is 0 Å². The molecule has 0 N–H and O–H groups in total. The van der Waals surface area contributed by atoms with Gasteiger partial charge in [-0.1, -0.05) is 45.8 Å². The number of hydrogen-bond donors (Lipinski definition) is 0. The first-order valence-electron chi connectivity index (χ1n) is 7.07. The Morgan fingerprint density at radius 3 is 2.32 bits per heavy atom. The molecule has 0 bridgehead atoms. The molecule has 0 radical (unpaired) electrons. The van der Waals surface area contributed by atoms with Gasteiger partial charge >= 0.3 is 0 Å². The lowest BCUT2D eigenvalue weighted by molar-refractivity contribution is 0.414. The molecule has 0 amide bonds. The Morgan fingerprint density at radius 2 is 1.73 bits per heavy atom. The van der Waals surface area contributed by atoms with Crippen molar-refractivity contribution in [2.75, 3.05) is 7.11 Å². The van der Waals surface area contributed by atoms with Crippen LogP contribution in [0.4, 0.5) is 0 Å². The van der Waals surface area contributed by atoms with Gasteiger partial charge in [0.2, 0.25) is 0 Å². The molecule has 0 aliphatic carbocycles. The van der Waals surface area contributed by atoms with Gasteiger partial charge in [0.1, 0.15) is 5.75 Å². The lowest BCUT2D eigenvalue weighted by Crippen LogP contribution is -1.99. The maximum absolute atomic E-state index is 5.22. The molecule has 1 heterocycles. The summed E-state index contributed by atoms with van der Waals surface area (Å²) >= 11 is 3.49. The number of hydrogen-bond acceptors (Lipinski definition) is 2. The fourth-order valence-electron chi connectivity index (χ4n) is 2.35. The van der Waals surface area contributed by atoms with Crippen LogP contribution >= 0.6 is 15.9 Å². The molecule has 0 unspecified atom stereocenters. The number of ether oxygens (including phenoxy) is 1. The zero-order valence-electron chi connectivity index (χ0n) is 12.6. The molecule has 1 aromatic heterocycles. The van der Waals surface area contributed by atoms with Gasteiger partial charge in [-0.05, 0) is 37.3 Å². The number of halogens is 1. The van der Waals surface area contributed by atoms with Crippen LogP contribution in [0, 0.1) is 6.92 Å². The van der Waals surface area contributed by atoms with Crippen molar-refractivity contribution in [1.82, 2.24) is 9.78 Å². The third-order valence-electron chi connectivity index (χ3n) is 3.56. The van der Waals surface area contributed by atoms with E-state index in [9.17, 15) is 0 Å². The molecule has 0 saturated carbocycles. The van der Waals surface area contributed by atoms with Crippen molar-refractivity contribution in [3.8, 4) is 22.7 Å². The van der Waals surface area contributed by atoms with Gasteiger partial charge in [-0.15, -0.1) is 0 Å². The molecular weight excluding hydrogens is 340 g/mol. The summed E-state index contributed by atoms with van der Waals surface area (Å²) in [5.74, 6) is 0.841. The molecule has 0 fully saturated rings. The normalized spacial score (nSPS) is 10.7. The van der Waals surface area contributed by atoms with E-state index in [0.29, 0.717) is 0 Å². The Hall–Kier alpha value is -2.07. The first-order chi connectivity index (χ1) is 10.7. The zero-order chi connectivity index (χ0) is 15.5. The Balaban J connectivity index is 2.09. The van der Waals surface area contributed by atoms with Gasteiger partial charge in [0.25, 0.3) is 0 Å². The van der Waals surface area contributed by atoms with E-state index in [0.717, 1.165) is 33.7 Å². The Kier molecular flexibility index (Phi) is 4.29. The molecule has 0 spiro atoms. The molecular formula is C18H17BrN2O. The predicted octanol–water partition coefficient (Wildman–Crippen LogP) is 4.75. The SMILES string of the molecule is COc1ccc(-n2nc(CBr)cc2-c2ccc(C)cc2)cc1. The molecule has 0 aliphatic rings. The summed E-state index contributed by atoms with van der Waals surface area (Å²) in [6.07, 6.45) is 0. The summed E-state index contributed by atoms with van der Waals surface area (Å²) < 4.78 is 7.20. The first-order valence-corrected chi connectivity index (χ1v) is 8.20. The van der Waals surface area contributed by atoms with Crippen LogP contribution in [0.2, 0.25) is 0 Å². The third kappa shape index (κ3) is 2.92. The number of methoxy groups -OCH3 is 1. The van der Waals surface area contributed by atoms with Crippen molar-refractivity contribution in [2.24, 2.45) is 0 Å². The Morgan fingerprint density at radius 1 is 1.05 bits per heavy atom. The highest BCUT2D eigenvalue weighted by molar-refractivity contribution is 9.08. The topological polar surface area (TPSA) is 27.1 Å². The largest absolute Gasteiger partial charge is 0.497 e. The van der Waals surface area contributed by atoms with Gasteiger partial charge in [-0.3, -0.25) is 0 Å². The lowest BCUT2D eigenvalue weighted by atomic mass is 10.1. The van der Waals surface area contributed by atoms with E-state index in [1.165, 1.54) is 5.56 Å². The van der Waals surface area contributed by atoms with Crippen molar-refractivity contribution in [3.05, 3.63) is 65.9 Å². The fourth-order valence-corrected chi connectivity index (χ4v) is 2.62. The summed E-state index contributed by atoms with van der Waals surface area (Å²) in [7, 11) is 1.67. The van der Waals surface area contributed by atoms with Gasteiger partial charge in [0, 0.05) is 10.9 Å². The fraction of sp³-hybridized carbons (Fsp3) is 0.167. The molecule has 3 aromatic rings. The number of benzene rings is 2. The van der Waals surface area contributed by atoms with E-state index in [1.54, 1.807) is 7.11 Å². The second kappa shape index (κ2) is 6.36. The first kappa shape index (κ1) is 14.9. The number of aromatic nitrogens is 2.